The molecule has 2 unspecified atom stereocenters. The molecule has 0 aromatic rings. The summed E-state index contributed by atoms with van der Waals surface area (Å²) in [7, 11) is 0. The van der Waals surface area contributed by atoms with E-state index in [2.05, 4.69) is 11.8 Å². The molecular formula is C11H23N3O. The monoisotopic (exact) mass is 213 g/mol. The molecule has 1 rings (SSSR count). The van der Waals surface area contributed by atoms with Crippen LogP contribution < -0.4 is 11.5 Å². The molecule has 0 spiro atoms. The predicted octanol–water partition coefficient (Wildman–Crippen LogP) is 0.311. The van der Waals surface area contributed by atoms with Crippen molar-refractivity contribution in [3.63, 3.8) is 0 Å². The van der Waals surface area contributed by atoms with Gasteiger partial charge >= 0.3 is 0 Å². The lowest BCUT2D eigenvalue weighted by Crippen LogP contribution is -2.50. The van der Waals surface area contributed by atoms with E-state index in [1.54, 1.807) is 0 Å². The van der Waals surface area contributed by atoms with Crippen LogP contribution in [-0.2, 0) is 4.79 Å². The van der Waals surface area contributed by atoms with E-state index in [9.17, 15) is 4.79 Å². The van der Waals surface area contributed by atoms with Gasteiger partial charge in [0.2, 0.25) is 5.91 Å². The maximum atomic E-state index is 10.8. The summed E-state index contributed by atoms with van der Waals surface area (Å²) in [6.07, 6.45) is 4.11. The number of piperidine rings is 1. The van der Waals surface area contributed by atoms with Crippen LogP contribution >= 0.6 is 0 Å². The number of primary amides is 1. The maximum Gasteiger partial charge on any atom is 0.218 e. The van der Waals surface area contributed by atoms with Crippen LogP contribution in [0.5, 0.6) is 0 Å². The standard InChI is InChI=1S/C11H23N3O/c1-2-9-4-3-6-14(10(9)8-12)7-5-11(13)15/h9-10H,2-8,12H2,1H3,(H2,13,15). The van der Waals surface area contributed by atoms with Gasteiger partial charge in [-0.15, -0.1) is 0 Å². The number of nitrogens with two attached hydrogens (primary N) is 2. The highest BCUT2D eigenvalue weighted by atomic mass is 16.1. The first-order valence-corrected chi connectivity index (χ1v) is 5.91. The molecule has 1 aliphatic rings. The zero-order valence-electron chi connectivity index (χ0n) is 9.61. The third-order valence-corrected chi connectivity index (χ3v) is 3.44. The number of carbonyl (C=O) groups excluding carboxylic acids is 1. The molecule has 1 fully saturated rings. The van der Waals surface area contributed by atoms with E-state index in [0.29, 0.717) is 24.9 Å². The van der Waals surface area contributed by atoms with Gasteiger partial charge in [0.25, 0.3) is 0 Å². The van der Waals surface area contributed by atoms with Crippen LogP contribution in [-0.4, -0.2) is 36.5 Å². The summed E-state index contributed by atoms with van der Waals surface area (Å²) in [6.45, 7) is 4.74. The SMILES string of the molecule is CCC1CCCN(CCC(N)=O)C1CN. The van der Waals surface area contributed by atoms with Crippen LogP contribution in [0.2, 0.25) is 0 Å². The fraction of sp³-hybridized carbons (Fsp3) is 0.909. The first kappa shape index (κ1) is 12.5. The summed E-state index contributed by atoms with van der Waals surface area (Å²) < 4.78 is 0. The Morgan fingerprint density at radius 3 is 2.80 bits per heavy atom. The van der Waals surface area contributed by atoms with E-state index < -0.39 is 0 Å². The Kier molecular flexibility index (Phi) is 5.05. The Hall–Kier alpha value is -0.610. The van der Waals surface area contributed by atoms with Crippen LogP contribution in [0, 0.1) is 5.92 Å². The average molecular weight is 213 g/mol. The Labute approximate surface area is 92.0 Å². The molecular weight excluding hydrogens is 190 g/mol. The van der Waals surface area contributed by atoms with Crippen LogP contribution in [0.25, 0.3) is 0 Å². The second-order valence-corrected chi connectivity index (χ2v) is 4.37. The molecule has 0 radical (unpaired) electrons. The van der Waals surface area contributed by atoms with Gasteiger partial charge in [0, 0.05) is 25.6 Å². The van der Waals surface area contributed by atoms with Gasteiger partial charge in [-0.1, -0.05) is 13.3 Å². The fourth-order valence-corrected chi connectivity index (χ4v) is 2.56. The zero-order chi connectivity index (χ0) is 11.3. The van der Waals surface area contributed by atoms with E-state index in [1.807, 2.05) is 0 Å². The van der Waals surface area contributed by atoms with Crippen molar-refractivity contribution in [2.75, 3.05) is 19.6 Å². The van der Waals surface area contributed by atoms with Crippen LogP contribution in [0.15, 0.2) is 0 Å². The molecule has 0 bridgehead atoms. The second kappa shape index (κ2) is 6.08. The van der Waals surface area contributed by atoms with Gasteiger partial charge in [0.1, 0.15) is 0 Å². The first-order chi connectivity index (χ1) is 7.19. The number of nitrogens with zero attached hydrogens (tertiary/aromatic N) is 1. The van der Waals surface area contributed by atoms with Gasteiger partial charge in [-0.25, -0.2) is 0 Å². The van der Waals surface area contributed by atoms with Crippen LogP contribution in [0.3, 0.4) is 0 Å². The van der Waals surface area contributed by atoms with E-state index in [1.165, 1.54) is 19.3 Å². The van der Waals surface area contributed by atoms with Crippen molar-refractivity contribution in [2.24, 2.45) is 17.4 Å². The molecule has 2 atom stereocenters. The summed E-state index contributed by atoms with van der Waals surface area (Å²) >= 11 is 0. The number of rotatable bonds is 5. The van der Waals surface area contributed by atoms with Crippen molar-refractivity contribution in [3.8, 4) is 0 Å². The van der Waals surface area contributed by atoms with Gasteiger partial charge in [-0.3, -0.25) is 9.69 Å². The third kappa shape index (κ3) is 3.47. The van der Waals surface area contributed by atoms with Crippen molar-refractivity contribution in [1.82, 2.24) is 4.90 Å². The molecule has 0 saturated carbocycles. The largest absolute Gasteiger partial charge is 0.370 e. The molecule has 0 aliphatic carbocycles. The molecule has 15 heavy (non-hydrogen) atoms. The van der Waals surface area contributed by atoms with E-state index in [4.69, 9.17) is 11.5 Å². The van der Waals surface area contributed by atoms with E-state index in [-0.39, 0.29) is 5.91 Å². The summed E-state index contributed by atoms with van der Waals surface area (Å²) in [6, 6.07) is 0.447. The number of hydrogen-bond acceptors (Lipinski definition) is 3. The molecule has 1 heterocycles. The summed E-state index contributed by atoms with van der Waals surface area (Å²) in [4.78, 5) is 13.1. The lowest BCUT2D eigenvalue weighted by Gasteiger charge is -2.40. The van der Waals surface area contributed by atoms with Crippen LogP contribution in [0.1, 0.15) is 32.6 Å². The molecule has 1 saturated heterocycles. The Morgan fingerprint density at radius 2 is 2.27 bits per heavy atom. The first-order valence-electron chi connectivity index (χ1n) is 5.91. The quantitative estimate of drug-likeness (QED) is 0.690. The summed E-state index contributed by atoms with van der Waals surface area (Å²) in [5.74, 6) is 0.473. The van der Waals surface area contributed by atoms with E-state index in [0.717, 1.165) is 13.1 Å². The van der Waals surface area contributed by atoms with Crippen LogP contribution in [0.4, 0.5) is 0 Å². The Bertz CT molecular complexity index is 208. The van der Waals surface area contributed by atoms with Crippen molar-refractivity contribution >= 4 is 5.91 Å². The second-order valence-electron chi connectivity index (χ2n) is 4.37. The molecule has 0 aromatic carbocycles. The highest BCUT2D eigenvalue weighted by molar-refractivity contribution is 5.73. The summed E-state index contributed by atoms with van der Waals surface area (Å²) in [5.41, 5.74) is 11.0. The lowest BCUT2D eigenvalue weighted by atomic mass is 9.87. The molecule has 88 valence electrons. The van der Waals surface area contributed by atoms with E-state index >= 15 is 0 Å². The fourth-order valence-electron chi connectivity index (χ4n) is 2.56. The number of hydrogen-bond donors (Lipinski definition) is 2. The van der Waals surface area contributed by atoms with Crippen molar-refractivity contribution in [3.05, 3.63) is 0 Å². The maximum absolute atomic E-state index is 10.8. The average Bonchev–Trinajstić information content (AvgIpc) is 2.25. The zero-order valence-corrected chi connectivity index (χ0v) is 9.61. The molecule has 4 heteroatoms. The van der Waals surface area contributed by atoms with Gasteiger partial charge in [-0.05, 0) is 25.3 Å². The van der Waals surface area contributed by atoms with Crippen molar-refractivity contribution in [2.45, 2.75) is 38.6 Å². The van der Waals surface area contributed by atoms with Crippen molar-refractivity contribution < 1.29 is 4.79 Å². The highest BCUT2D eigenvalue weighted by Gasteiger charge is 2.28. The highest BCUT2D eigenvalue weighted by Crippen LogP contribution is 2.25. The molecule has 4 N–H and O–H groups in total. The smallest absolute Gasteiger partial charge is 0.218 e. The molecule has 4 nitrogen and oxygen atoms in total. The Balaban J connectivity index is 2.49. The normalized spacial score (nSPS) is 27.9. The van der Waals surface area contributed by atoms with Gasteiger partial charge < -0.3 is 11.5 Å². The predicted molar refractivity (Wildman–Crippen MR) is 61.2 cm³/mol. The summed E-state index contributed by atoms with van der Waals surface area (Å²) in [5, 5.41) is 0. The third-order valence-electron chi connectivity index (χ3n) is 3.44. The van der Waals surface area contributed by atoms with Gasteiger partial charge in [0.15, 0.2) is 0 Å². The minimum Gasteiger partial charge on any atom is -0.370 e. The minimum atomic E-state index is -0.218. The lowest BCUT2D eigenvalue weighted by molar-refractivity contribution is -0.118. The number of amides is 1. The topological polar surface area (TPSA) is 72.3 Å². The number of likely N-dealkylation sites (tertiary alicyclic amines) is 1. The van der Waals surface area contributed by atoms with Crippen molar-refractivity contribution in [1.29, 1.82) is 0 Å². The molecule has 0 aromatic heterocycles. The molecule has 1 aliphatic heterocycles. The molecule has 1 amide bonds. The van der Waals surface area contributed by atoms with Gasteiger partial charge in [-0.2, -0.15) is 0 Å². The minimum absolute atomic E-state index is 0.218. The van der Waals surface area contributed by atoms with Gasteiger partial charge in [0.05, 0.1) is 0 Å². The number of carbonyl (C=O) groups is 1. The Morgan fingerprint density at radius 1 is 1.53 bits per heavy atom.